The average Bonchev–Trinajstić information content (AvgIpc) is 2.14. The van der Waals surface area contributed by atoms with Crippen LogP contribution in [0.5, 0.6) is 0 Å². The summed E-state index contributed by atoms with van der Waals surface area (Å²) >= 11 is 3.17. The number of amides is 1. The van der Waals surface area contributed by atoms with Crippen LogP contribution >= 0.6 is 15.9 Å². The number of carbonyl (C=O) groups excluding carboxylic acids is 1. The molecule has 0 aliphatic carbocycles. The van der Waals surface area contributed by atoms with Crippen molar-refractivity contribution >= 4 is 21.8 Å². The summed E-state index contributed by atoms with van der Waals surface area (Å²) in [5.74, 6) is -0.214. The molecule has 76 valence electrons. The zero-order valence-corrected chi connectivity index (χ0v) is 9.28. The van der Waals surface area contributed by atoms with Gasteiger partial charge in [0.2, 0.25) is 0 Å². The Hall–Kier alpha value is -0.940. The minimum Gasteiger partial charge on any atom is -0.392 e. The molecule has 0 aromatic carbocycles. The van der Waals surface area contributed by atoms with Gasteiger partial charge in [-0.15, -0.1) is 0 Å². The molecule has 1 rings (SSSR count). The lowest BCUT2D eigenvalue weighted by Crippen LogP contribution is -2.30. The Bertz CT molecular complexity index is 328. The molecule has 0 bridgehead atoms. The number of hydrogen-bond acceptors (Lipinski definition) is 3. The highest BCUT2D eigenvalue weighted by Crippen LogP contribution is 2.07. The molecular formula is C9H11BrN2O2. The molecule has 0 unspecified atom stereocenters. The standard InChI is InChI=1S/C9H11BrN2O2/c1-6(13)5-12-9(14)7-2-3-11-8(10)4-7/h2-4,6,13H,5H2,1H3,(H,12,14)/t6-/m0/s1. The van der Waals surface area contributed by atoms with Gasteiger partial charge in [0.1, 0.15) is 4.60 Å². The van der Waals surface area contributed by atoms with Gasteiger partial charge in [-0.1, -0.05) is 0 Å². The van der Waals surface area contributed by atoms with Crippen LogP contribution in [-0.2, 0) is 0 Å². The molecule has 0 saturated heterocycles. The van der Waals surface area contributed by atoms with Crippen LogP contribution in [0.1, 0.15) is 17.3 Å². The van der Waals surface area contributed by atoms with Crippen molar-refractivity contribution in [1.82, 2.24) is 10.3 Å². The summed E-state index contributed by atoms with van der Waals surface area (Å²) in [4.78, 5) is 15.3. The first-order chi connectivity index (χ1) is 6.59. The number of aliphatic hydroxyl groups excluding tert-OH is 1. The molecular weight excluding hydrogens is 248 g/mol. The summed E-state index contributed by atoms with van der Waals surface area (Å²) in [5, 5.41) is 11.6. The lowest BCUT2D eigenvalue weighted by atomic mass is 10.2. The van der Waals surface area contributed by atoms with Crippen LogP contribution in [0.25, 0.3) is 0 Å². The van der Waals surface area contributed by atoms with E-state index >= 15 is 0 Å². The van der Waals surface area contributed by atoms with Crippen molar-refractivity contribution in [2.75, 3.05) is 6.54 Å². The quantitative estimate of drug-likeness (QED) is 0.794. The normalized spacial score (nSPS) is 12.2. The number of hydrogen-bond donors (Lipinski definition) is 2. The van der Waals surface area contributed by atoms with E-state index in [4.69, 9.17) is 5.11 Å². The van der Waals surface area contributed by atoms with Gasteiger partial charge >= 0.3 is 0 Å². The molecule has 0 spiro atoms. The van der Waals surface area contributed by atoms with Crippen LogP contribution in [0.2, 0.25) is 0 Å². The maximum atomic E-state index is 11.4. The first kappa shape index (κ1) is 11.1. The summed E-state index contributed by atoms with van der Waals surface area (Å²) in [6.45, 7) is 1.86. The minimum atomic E-state index is -0.538. The Labute approximate surface area is 90.5 Å². The van der Waals surface area contributed by atoms with E-state index in [2.05, 4.69) is 26.2 Å². The van der Waals surface area contributed by atoms with Crippen molar-refractivity contribution in [3.05, 3.63) is 28.5 Å². The third-order valence-electron chi connectivity index (χ3n) is 1.55. The van der Waals surface area contributed by atoms with E-state index in [-0.39, 0.29) is 12.5 Å². The molecule has 0 fully saturated rings. The smallest absolute Gasteiger partial charge is 0.251 e. The second kappa shape index (κ2) is 5.07. The fourth-order valence-corrected chi connectivity index (χ4v) is 1.25. The molecule has 1 aromatic rings. The first-order valence-corrected chi connectivity index (χ1v) is 4.96. The van der Waals surface area contributed by atoms with Gasteiger partial charge in [0.25, 0.3) is 5.91 Å². The molecule has 0 radical (unpaired) electrons. The molecule has 4 nitrogen and oxygen atoms in total. The molecule has 1 amide bonds. The summed E-state index contributed by atoms with van der Waals surface area (Å²) in [7, 11) is 0. The molecule has 0 aliphatic heterocycles. The van der Waals surface area contributed by atoms with Crippen LogP contribution in [0.4, 0.5) is 0 Å². The van der Waals surface area contributed by atoms with Gasteiger partial charge in [0.15, 0.2) is 0 Å². The number of aliphatic hydroxyl groups is 1. The Kier molecular flexibility index (Phi) is 4.03. The highest BCUT2D eigenvalue weighted by atomic mass is 79.9. The SMILES string of the molecule is C[C@H](O)CNC(=O)c1ccnc(Br)c1. The van der Waals surface area contributed by atoms with Crippen molar-refractivity contribution in [3.63, 3.8) is 0 Å². The number of aromatic nitrogens is 1. The van der Waals surface area contributed by atoms with Gasteiger partial charge in [-0.2, -0.15) is 0 Å². The van der Waals surface area contributed by atoms with Crippen molar-refractivity contribution < 1.29 is 9.90 Å². The Morgan fingerprint density at radius 2 is 2.50 bits per heavy atom. The maximum absolute atomic E-state index is 11.4. The van der Waals surface area contributed by atoms with E-state index in [0.717, 1.165) is 0 Å². The third kappa shape index (κ3) is 3.43. The van der Waals surface area contributed by atoms with Crippen LogP contribution in [-0.4, -0.2) is 28.6 Å². The predicted molar refractivity (Wildman–Crippen MR) is 56.0 cm³/mol. The van der Waals surface area contributed by atoms with Crippen LogP contribution in [0, 0.1) is 0 Å². The average molecular weight is 259 g/mol. The topological polar surface area (TPSA) is 62.2 Å². The number of carbonyl (C=O) groups is 1. The van der Waals surface area contributed by atoms with Gasteiger partial charge in [-0.25, -0.2) is 4.98 Å². The van der Waals surface area contributed by atoms with E-state index in [0.29, 0.717) is 10.2 Å². The largest absolute Gasteiger partial charge is 0.392 e. The van der Waals surface area contributed by atoms with Crippen molar-refractivity contribution in [1.29, 1.82) is 0 Å². The summed E-state index contributed by atoms with van der Waals surface area (Å²) in [6, 6.07) is 3.24. The van der Waals surface area contributed by atoms with E-state index in [1.807, 2.05) is 0 Å². The molecule has 2 N–H and O–H groups in total. The van der Waals surface area contributed by atoms with E-state index < -0.39 is 6.10 Å². The molecule has 14 heavy (non-hydrogen) atoms. The van der Waals surface area contributed by atoms with Crippen LogP contribution in [0.3, 0.4) is 0 Å². The highest BCUT2D eigenvalue weighted by Gasteiger charge is 2.06. The second-order valence-corrected chi connectivity index (χ2v) is 3.74. The fraction of sp³-hybridized carbons (Fsp3) is 0.333. The Morgan fingerprint density at radius 3 is 3.07 bits per heavy atom. The number of pyridine rings is 1. The van der Waals surface area contributed by atoms with Gasteiger partial charge in [0.05, 0.1) is 6.10 Å². The minimum absolute atomic E-state index is 0.214. The van der Waals surface area contributed by atoms with Gasteiger partial charge in [-0.05, 0) is 35.0 Å². The zero-order valence-electron chi connectivity index (χ0n) is 7.70. The molecule has 0 aliphatic rings. The Balaban J connectivity index is 2.61. The summed E-state index contributed by atoms with van der Waals surface area (Å²) in [6.07, 6.45) is 1.01. The van der Waals surface area contributed by atoms with Crippen molar-refractivity contribution in [2.45, 2.75) is 13.0 Å². The lowest BCUT2D eigenvalue weighted by molar-refractivity contribution is 0.0924. The number of nitrogens with one attached hydrogen (secondary N) is 1. The molecule has 1 atom stereocenters. The van der Waals surface area contributed by atoms with Crippen molar-refractivity contribution in [3.8, 4) is 0 Å². The molecule has 1 aromatic heterocycles. The lowest BCUT2D eigenvalue weighted by Gasteiger charge is -2.06. The predicted octanol–water partition coefficient (Wildman–Crippen LogP) is 0.955. The number of rotatable bonds is 3. The number of halogens is 1. The highest BCUT2D eigenvalue weighted by molar-refractivity contribution is 9.10. The molecule has 5 heteroatoms. The van der Waals surface area contributed by atoms with Gasteiger partial charge in [-0.3, -0.25) is 4.79 Å². The summed E-state index contributed by atoms with van der Waals surface area (Å²) in [5.41, 5.74) is 0.521. The van der Waals surface area contributed by atoms with Gasteiger partial charge in [0, 0.05) is 18.3 Å². The van der Waals surface area contributed by atoms with Crippen molar-refractivity contribution in [2.24, 2.45) is 0 Å². The van der Waals surface area contributed by atoms with Gasteiger partial charge < -0.3 is 10.4 Å². The maximum Gasteiger partial charge on any atom is 0.251 e. The Morgan fingerprint density at radius 1 is 1.79 bits per heavy atom. The van der Waals surface area contributed by atoms with Crippen LogP contribution < -0.4 is 5.32 Å². The number of nitrogens with zero attached hydrogens (tertiary/aromatic N) is 1. The zero-order chi connectivity index (χ0) is 10.6. The fourth-order valence-electron chi connectivity index (χ4n) is 0.886. The second-order valence-electron chi connectivity index (χ2n) is 2.93. The third-order valence-corrected chi connectivity index (χ3v) is 1.98. The van der Waals surface area contributed by atoms with Crippen LogP contribution in [0.15, 0.2) is 22.9 Å². The molecule has 0 saturated carbocycles. The summed E-state index contributed by atoms with van der Waals surface area (Å²) < 4.78 is 0.613. The van der Waals surface area contributed by atoms with E-state index in [9.17, 15) is 4.79 Å². The molecule has 1 heterocycles. The monoisotopic (exact) mass is 258 g/mol. The van der Waals surface area contributed by atoms with E-state index in [1.54, 1.807) is 25.3 Å². The van der Waals surface area contributed by atoms with E-state index in [1.165, 1.54) is 0 Å². The first-order valence-electron chi connectivity index (χ1n) is 4.17.